The van der Waals surface area contributed by atoms with Crippen molar-refractivity contribution < 1.29 is 19.4 Å². The Bertz CT molecular complexity index is 1130. The van der Waals surface area contributed by atoms with Crippen LogP contribution in [0.1, 0.15) is 22.1 Å². The largest absolute Gasteiger partial charge is 0.508 e. The summed E-state index contributed by atoms with van der Waals surface area (Å²) >= 11 is 1.36. The van der Waals surface area contributed by atoms with Gasteiger partial charge >= 0.3 is 0 Å². The molecule has 3 aromatic carbocycles. The van der Waals surface area contributed by atoms with Crippen molar-refractivity contribution in [2.75, 3.05) is 7.11 Å². The number of methoxy groups -OCH3 is 1. The third kappa shape index (κ3) is 4.95. The number of aromatic hydroxyl groups is 1. The number of hydrogen-bond donors (Lipinski definition) is 2. The zero-order chi connectivity index (χ0) is 22.5. The smallest absolute Gasteiger partial charge is 0.280 e. The van der Waals surface area contributed by atoms with Crippen LogP contribution in [0.15, 0.2) is 83.8 Å². The van der Waals surface area contributed by atoms with Gasteiger partial charge in [0.2, 0.25) is 5.91 Å². The molecule has 1 heterocycles. The maximum atomic E-state index is 13.2. The molecule has 0 bridgehead atoms. The first-order valence-corrected chi connectivity index (χ1v) is 10.9. The van der Waals surface area contributed by atoms with Gasteiger partial charge < -0.3 is 9.84 Å². The number of amides is 2. The zero-order valence-electron chi connectivity index (χ0n) is 17.4. The molecule has 0 radical (unpaired) electrons. The molecule has 3 aromatic rings. The first-order chi connectivity index (χ1) is 15.5. The Kier molecular flexibility index (Phi) is 6.47. The van der Waals surface area contributed by atoms with Crippen LogP contribution in [0.2, 0.25) is 0 Å². The highest BCUT2D eigenvalue weighted by Gasteiger charge is 2.38. The number of hydrogen-bond acceptors (Lipinski definition) is 5. The van der Waals surface area contributed by atoms with Crippen molar-refractivity contribution in [1.29, 1.82) is 0 Å². The lowest BCUT2D eigenvalue weighted by molar-refractivity contribution is -0.137. The Morgan fingerprint density at radius 1 is 1.06 bits per heavy atom. The van der Waals surface area contributed by atoms with Crippen molar-refractivity contribution >= 4 is 29.7 Å². The van der Waals surface area contributed by atoms with Crippen molar-refractivity contribution in [2.45, 2.75) is 11.8 Å². The first kappa shape index (κ1) is 21.5. The summed E-state index contributed by atoms with van der Waals surface area (Å²) in [4.78, 5) is 26.4. The summed E-state index contributed by atoms with van der Waals surface area (Å²) in [5, 5.41) is 10.5. The third-order valence-electron chi connectivity index (χ3n) is 4.95. The Hall–Kier alpha value is -3.71. The van der Waals surface area contributed by atoms with Crippen LogP contribution >= 0.6 is 11.8 Å². The summed E-state index contributed by atoms with van der Waals surface area (Å²) in [5.41, 5.74) is 5.30. The number of thioether (sulfide) groups is 1. The summed E-state index contributed by atoms with van der Waals surface area (Å²) in [6.45, 7) is 0. The number of carbonyl (C=O) groups excluding carboxylic acids is 2. The Morgan fingerprint density at radius 3 is 2.41 bits per heavy atom. The highest BCUT2D eigenvalue weighted by molar-refractivity contribution is 8.04. The molecule has 1 aliphatic rings. The van der Waals surface area contributed by atoms with Crippen LogP contribution in [0.25, 0.3) is 6.08 Å². The topological polar surface area (TPSA) is 78.9 Å². The van der Waals surface area contributed by atoms with E-state index in [9.17, 15) is 14.7 Å². The normalized spacial score (nSPS) is 16.9. The van der Waals surface area contributed by atoms with Gasteiger partial charge in [-0.25, -0.2) is 5.01 Å². The fourth-order valence-corrected chi connectivity index (χ4v) is 4.51. The summed E-state index contributed by atoms with van der Waals surface area (Å²) in [5.74, 6) is 0.311. The molecule has 2 N–H and O–H groups in total. The summed E-state index contributed by atoms with van der Waals surface area (Å²) in [6, 6.07) is 23.4. The highest BCUT2D eigenvalue weighted by atomic mass is 32.2. The zero-order valence-corrected chi connectivity index (χ0v) is 18.2. The van der Waals surface area contributed by atoms with Crippen molar-refractivity contribution in [1.82, 2.24) is 10.4 Å². The Labute approximate surface area is 190 Å². The Balaban J connectivity index is 1.60. The van der Waals surface area contributed by atoms with E-state index in [1.54, 1.807) is 37.5 Å². The fourth-order valence-electron chi connectivity index (χ4n) is 3.32. The van der Waals surface area contributed by atoms with Gasteiger partial charge in [-0.3, -0.25) is 15.0 Å². The number of phenolic OH excluding ortho intramolecular Hbond substituents is 1. The van der Waals surface area contributed by atoms with Gasteiger partial charge in [-0.1, -0.05) is 66.4 Å². The third-order valence-corrected chi connectivity index (χ3v) is 6.20. The maximum absolute atomic E-state index is 13.2. The number of hydrazine groups is 1. The lowest BCUT2D eigenvalue weighted by Gasteiger charge is -2.24. The van der Waals surface area contributed by atoms with E-state index in [1.807, 2.05) is 54.6 Å². The molecule has 0 aliphatic carbocycles. The number of ether oxygens (including phenoxy) is 1. The molecule has 0 saturated carbocycles. The minimum absolute atomic E-state index is 0.156. The standard InChI is InChI=1S/C25H22N2O4S/c1-31-21-13-9-19(10-14-21)25-27(26-23(29)16-17-5-3-2-4-6-17)24(30)22(32-25)15-18-7-11-20(28)12-8-18/h2-15,25,28H,16H2,1H3,(H,26,29)/b22-15+/t25-/m1/s1. The molecule has 0 aromatic heterocycles. The van der Waals surface area contributed by atoms with Gasteiger partial charge in [0, 0.05) is 0 Å². The van der Waals surface area contributed by atoms with Crippen molar-refractivity contribution in [3.63, 3.8) is 0 Å². The van der Waals surface area contributed by atoms with Crippen molar-refractivity contribution in [3.8, 4) is 11.5 Å². The number of benzene rings is 3. The van der Waals surface area contributed by atoms with E-state index in [0.29, 0.717) is 10.7 Å². The molecule has 4 rings (SSSR count). The van der Waals surface area contributed by atoms with Crippen molar-refractivity contribution in [2.24, 2.45) is 0 Å². The molecule has 1 saturated heterocycles. The van der Waals surface area contributed by atoms with Gasteiger partial charge in [-0.05, 0) is 47.0 Å². The fraction of sp³-hybridized carbons (Fsp3) is 0.120. The number of carbonyl (C=O) groups is 2. The average Bonchev–Trinajstić information content (AvgIpc) is 3.11. The second kappa shape index (κ2) is 9.62. The lowest BCUT2D eigenvalue weighted by Crippen LogP contribution is -2.44. The first-order valence-electron chi connectivity index (χ1n) is 10.0. The van der Waals surface area contributed by atoms with Crippen LogP contribution in [-0.2, 0) is 16.0 Å². The molecule has 6 nitrogen and oxygen atoms in total. The predicted octanol–water partition coefficient (Wildman–Crippen LogP) is 4.29. The van der Waals surface area contributed by atoms with E-state index in [-0.39, 0.29) is 24.0 Å². The lowest BCUT2D eigenvalue weighted by atomic mass is 10.1. The second-order valence-corrected chi connectivity index (χ2v) is 8.34. The number of nitrogens with zero attached hydrogens (tertiary/aromatic N) is 1. The Morgan fingerprint density at radius 2 is 1.75 bits per heavy atom. The molecule has 2 amide bonds. The number of phenols is 1. The number of rotatable bonds is 6. The minimum atomic E-state index is -0.420. The molecule has 7 heteroatoms. The summed E-state index contributed by atoms with van der Waals surface area (Å²) in [7, 11) is 1.59. The minimum Gasteiger partial charge on any atom is -0.508 e. The maximum Gasteiger partial charge on any atom is 0.280 e. The predicted molar refractivity (Wildman–Crippen MR) is 125 cm³/mol. The van der Waals surface area contributed by atoms with Gasteiger partial charge in [0.1, 0.15) is 16.9 Å². The van der Waals surface area contributed by atoms with Crippen LogP contribution in [0.5, 0.6) is 11.5 Å². The van der Waals surface area contributed by atoms with Gasteiger partial charge in [0.25, 0.3) is 5.91 Å². The molecule has 1 fully saturated rings. The van der Waals surface area contributed by atoms with E-state index >= 15 is 0 Å². The molecule has 32 heavy (non-hydrogen) atoms. The van der Waals surface area contributed by atoms with E-state index in [4.69, 9.17) is 4.74 Å². The van der Waals surface area contributed by atoms with E-state index in [1.165, 1.54) is 16.8 Å². The summed E-state index contributed by atoms with van der Waals surface area (Å²) in [6.07, 6.45) is 1.92. The van der Waals surface area contributed by atoms with Crippen LogP contribution in [-0.4, -0.2) is 29.0 Å². The van der Waals surface area contributed by atoms with Crippen LogP contribution in [0, 0.1) is 0 Å². The molecule has 162 valence electrons. The van der Waals surface area contributed by atoms with Crippen LogP contribution in [0.3, 0.4) is 0 Å². The number of nitrogens with one attached hydrogen (secondary N) is 1. The van der Waals surface area contributed by atoms with Crippen molar-refractivity contribution in [3.05, 3.63) is 100 Å². The monoisotopic (exact) mass is 446 g/mol. The molecule has 1 atom stereocenters. The quantitative estimate of drug-likeness (QED) is 0.553. The second-order valence-electron chi connectivity index (χ2n) is 7.22. The summed E-state index contributed by atoms with van der Waals surface area (Å²) < 4.78 is 5.23. The van der Waals surface area contributed by atoms with Gasteiger partial charge in [0.05, 0.1) is 18.4 Å². The van der Waals surface area contributed by atoms with Gasteiger partial charge in [-0.15, -0.1) is 0 Å². The average molecular weight is 447 g/mol. The molecule has 0 spiro atoms. The van der Waals surface area contributed by atoms with Crippen LogP contribution in [0.4, 0.5) is 0 Å². The van der Waals surface area contributed by atoms with Gasteiger partial charge in [0.15, 0.2) is 0 Å². The van der Waals surface area contributed by atoms with E-state index in [0.717, 1.165) is 16.7 Å². The van der Waals surface area contributed by atoms with Crippen LogP contribution < -0.4 is 10.2 Å². The molecular weight excluding hydrogens is 424 g/mol. The van der Waals surface area contributed by atoms with E-state index in [2.05, 4.69) is 5.43 Å². The van der Waals surface area contributed by atoms with Gasteiger partial charge in [-0.2, -0.15) is 0 Å². The molecular formula is C25H22N2O4S. The highest BCUT2D eigenvalue weighted by Crippen LogP contribution is 2.45. The molecule has 1 aliphatic heterocycles. The van der Waals surface area contributed by atoms with E-state index < -0.39 is 5.37 Å². The molecule has 0 unspecified atom stereocenters. The SMILES string of the molecule is COc1ccc([C@H]2S/C(=C/c3ccc(O)cc3)C(=O)N2NC(=O)Cc2ccccc2)cc1.